The second-order valence-corrected chi connectivity index (χ2v) is 20.2. The smallest absolute Gasteiger partial charge is 0.181 e. The highest BCUT2D eigenvalue weighted by Crippen LogP contribution is 2.41. The van der Waals surface area contributed by atoms with Gasteiger partial charge in [0.2, 0.25) is 0 Å². The van der Waals surface area contributed by atoms with E-state index in [1.165, 1.54) is 86.6 Å². The quantitative estimate of drug-likeness (QED) is 0.107. The van der Waals surface area contributed by atoms with E-state index in [0.717, 1.165) is 11.4 Å². The zero-order chi connectivity index (χ0) is 41.7. The van der Waals surface area contributed by atoms with Crippen LogP contribution in [-0.4, -0.2) is 17.2 Å². The van der Waals surface area contributed by atoms with E-state index < -0.39 is 8.07 Å². The summed E-state index contributed by atoms with van der Waals surface area (Å²) in [6.45, 7) is 0. The van der Waals surface area contributed by atoms with Gasteiger partial charge in [-0.25, -0.2) is 0 Å². The van der Waals surface area contributed by atoms with Crippen molar-refractivity contribution in [2.45, 2.75) is 0 Å². The fourth-order valence-electron chi connectivity index (χ4n) is 10.5. The Balaban J connectivity index is 1.21. The maximum absolute atomic E-state index is 2.97. The molecule has 0 spiro atoms. The molecular formula is C60H42N2Si. The molecule has 3 heteroatoms. The van der Waals surface area contributed by atoms with Crippen molar-refractivity contribution in [1.29, 1.82) is 0 Å². The molecule has 2 nitrogen and oxygen atoms in total. The van der Waals surface area contributed by atoms with E-state index in [2.05, 4.69) is 264 Å². The molecule has 0 atom stereocenters. The summed E-state index contributed by atoms with van der Waals surface area (Å²) >= 11 is 0. The summed E-state index contributed by atoms with van der Waals surface area (Å²) in [5, 5.41) is 10.4. The first-order valence-corrected chi connectivity index (χ1v) is 23.8. The van der Waals surface area contributed by atoms with Gasteiger partial charge in [0.25, 0.3) is 0 Å². The lowest BCUT2D eigenvalue weighted by Crippen LogP contribution is -2.75. The number of hydrogen-bond donors (Lipinski definition) is 0. The van der Waals surface area contributed by atoms with Crippen molar-refractivity contribution in [3.8, 4) is 33.6 Å². The molecule has 12 rings (SSSR count). The van der Waals surface area contributed by atoms with Crippen molar-refractivity contribution < 1.29 is 0 Å². The van der Waals surface area contributed by atoms with Gasteiger partial charge >= 0.3 is 0 Å². The molecule has 0 fully saturated rings. The molecule has 12 aromatic rings. The van der Waals surface area contributed by atoms with Gasteiger partial charge in [-0.15, -0.1) is 0 Å². The Morgan fingerprint density at radius 3 is 1.32 bits per heavy atom. The van der Waals surface area contributed by atoms with Crippen LogP contribution in [-0.2, 0) is 0 Å². The minimum Gasteiger partial charge on any atom is -0.307 e. The molecule has 2 heterocycles. The molecule has 0 amide bonds. The average Bonchev–Trinajstić information content (AvgIpc) is 3.89. The number of nitrogens with zero attached hydrogens (tertiary/aromatic N) is 2. The lowest BCUT2D eigenvalue weighted by atomic mass is 9.94. The van der Waals surface area contributed by atoms with Gasteiger partial charge in [0.15, 0.2) is 8.07 Å². The van der Waals surface area contributed by atoms with E-state index in [1.54, 1.807) is 0 Å². The van der Waals surface area contributed by atoms with Crippen LogP contribution in [0.2, 0.25) is 0 Å². The van der Waals surface area contributed by atoms with Crippen LogP contribution in [0.25, 0.3) is 77.2 Å². The van der Waals surface area contributed by atoms with Crippen molar-refractivity contribution in [2.24, 2.45) is 0 Å². The van der Waals surface area contributed by atoms with E-state index >= 15 is 0 Å². The highest BCUT2D eigenvalue weighted by molar-refractivity contribution is 7.20. The maximum atomic E-state index is 2.60. The first kappa shape index (κ1) is 36.8. The molecule has 0 bridgehead atoms. The molecule has 0 aliphatic heterocycles. The largest absolute Gasteiger partial charge is 0.307 e. The second kappa shape index (κ2) is 15.2. The Morgan fingerprint density at radius 1 is 0.286 bits per heavy atom. The van der Waals surface area contributed by atoms with Gasteiger partial charge in [-0.3, -0.25) is 0 Å². The summed E-state index contributed by atoms with van der Waals surface area (Å²) in [6.07, 6.45) is 0. The molecule has 10 aromatic carbocycles. The van der Waals surface area contributed by atoms with Crippen molar-refractivity contribution in [1.82, 2.24) is 9.13 Å². The van der Waals surface area contributed by atoms with Crippen molar-refractivity contribution >= 4 is 72.4 Å². The topological polar surface area (TPSA) is 9.86 Å². The third-order valence-electron chi connectivity index (χ3n) is 13.1. The van der Waals surface area contributed by atoms with Gasteiger partial charge in [-0.2, -0.15) is 0 Å². The fraction of sp³-hybridized carbons (Fsp3) is 0. The Labute approximate surface area is 368 Å². The van der Waals surface area contributed by atoms with Crippen LogP contribution in [0.5, 0.6) is 0 Å². The average molecular weight is 819 g/mol. The Hall–Kier alpha value is -7.98. The van der Waals surface area contributed by atoms with E-state index in [-0.39, 0.29) is 0 Å². The van der Waals surface area contributed by atoms with Crippen LogP contribution in [0.4, 0.5) is 0 Å². The summed E-state index contributed by atoms with van der Waals surface area (Å²) in [6, 6.07) is 94.3. The Morgan fingerprint density at radius 2 is 0.714 bits per heavy atom. The number of benzene rings is 10. The van der Waals surface area contributed by atoms with Gasteiger partial charge < -0.3 is 9.13 Å². The predicted octanol–water partition coefficient (Wildman–Crippen LogP) is 12.6. The van der Waals surface area contributed by atoms with Crippen LogP contribution in [0.1, 0.15) is 0 Å². The van der Waals surface area contributed by atoms with Crippen molar-refractivity contribution in [3.63, 3.8) is 0 Å². The summed E-state index contributed by atoms with van der Waals surface area (Å²) in [4.78, 5) is 0. The maximum Gasteiger partial charge on any atom is 0.181 e. The van der Waals surface area contributed by atoms with Crippen molar-refractivity contribution in [2.75, 3.05) is 0 Å². The summed E-state index contributed by atoms with van der Waals surface area (Å²) in [5.41, 5.74) is 11.9. The molecule has 0 aliphatic carbocycles. The minimum atomic E-state index is -2.97. The van der Waals surface area contributed by atoms with Gasteiger partial charge in [0.05, 0.1) is 27.8 Å². The number of hydrogen-bond acceptors (Lipinski definition) is 0. The van der Waals surface area contributed by atoms with Gasteiger partial charge in [-0.05, 0) is 73.3 Å². The summed E-state index contributed by atoms with van der Waals surface area (Å²) in [5.74, 6) is 0. The minimum absolute atomic E-state index is 1.12. The van der Waals surface area contributed by atoms with Gasteiger partial charge in [-0.1, -0.05) is 224 Å². The molecule has 0 aliphatic rings. The zero-order valence-corrected chi connectivity index (χ0v) is 35.6. The summed E-state index contributed by atoms with van der Waals surface area (Å²) in [7, 11) is -2.97. The highest BCUT2D eigenvalue weighted by atomic mass is 28.3. The van der Waals surface area contributed by atoms with Gasteiger partial charge in [0, 0.05) is 27.2 Å². The molecule has 0 saturated heterocycles. The van der Waals surface area contributed by atoms with E-state index in [9.17, 15) is 0 Å². The Bertz CT molecular complexity index is 3510. The number of fused-ring (bicyclic) bond motifs is 6. The molecule has 63 heavy (non-hydrogen) atoms. The third-order valence-corrected chi connectivity index (χ3v) is 17.9. The lowest BCUT2D eigenvalue weighted by molar-refractivity contribution is 1.13. The van der Waals surface area contributed by atoms with Crippen LogP contribution in [0.3, 0.4) is 0 Å². The van der Waals surface area contributed by atoms with E-state index in [4.69, 9.17) is 0 Å². The molecule has 0 N–H and O–H groups in total. The van der Waals surface area contributed by atoms with E-state index in [0.29, 0.717) is 0 Å². The standard InChI is InChI=1S/C60H42N2Si/c1-5-22-43(23-6-1)49-32-13-14-33-50(49)44-24-19-25-45(42-44)61-55-38-17-15-34-51(55)53-36-20-40-57(59(53)61)62-56-39-18-16-35-52(56)54-37-21-41-58(60(54)62)63(46-26-7-2-8-27-46,47-28-9-3-10-29-47)48-30-11-4-12-31-48/h1-42H. The monoisotopic (exact) mass is 818 g/mol. The molecule has 2 aromatic heterocycles. The molecule has 296 valence electrons. The molecule has 0 unspecified atom stereocenters. The SMILES string of the molecule is c1ccc(-c2ccccc2-c2cccc(-n3c4ccccc4c4cccc(-n5c6ccccc6c6cccc([Si](c7ccccc7)(c7ccccc7)c7ccccc7)c65)c43)c2)cc1. The molecular weight excluding hydrogens is 777 g/mol. The second-order valence-electron chi connectivity index (χ2n) is 16.4. The first-order chi connectivity index (χ1) is 31.3. The third kappa shape index (κ3) is 5.78. The Kier molecular flexibility index (Phi) is 8.87. The van der Waals surface area contributed by atoms with Crippen LogP contribution >= 0.6 is 0 Å². The van der Waals surface area contributed by atoms with Crippen LogP contribution in [0.15, 0.2) is 255 Å². The van der Waals surface area contributed by atoms with Crippen LogP contribution in [0, 0.1) is 0 Å². The highest BCUT2D eigenvalue weighted by Gasteiger charge is 2.43. The number of aromatic nitrogens is 2. The lowest BCUT2D eigenvalue weighted by Gasteiger charge is -2.35. The normalized spacial score (nSPS) is 11.8. The van der Waals surface area contributed by atoms with E-state index in [1.807, 2.05) is 0 Å². The first-order valence-electron chi connectivity index (χ1n) is 21.8. The fourth-order valence-corrected chi connectivity index (χ4v) is 15.4. The zero-order valence-electron chi connectivity index (χ0n) is 34.6. The molecule has 0 radical (unpaired) electrons. The molecule has 0 saturated carbocycles. The van der Waals surface area contributed by atoms with Crippen molar-refractivity contribution in [3.05, 3.63) is 255 Å². The predicted molar refractivity (Wildman–Crippen MR) is 270 cm³/mol. The van der Waals surface area contributed by atoms with Crippen LogP contribution < -0.4 is 20.7 Å². The number of rotatable bonds is 8. The van der Waals surface area contributed by atoms with Gasteiger partial charge in [0.1, 0.15) is 0 Å². The number of para-hydroxylation sites is 4. The summed E-state index contributed by atoms with van der Waals surface area (Å²) < 4.78 is 5.11.